The molecule has 0 aromatic heterocycles. The van der Waals surface area contributed by atoms with E-state index in [9.17, 15) is 0 Å². The topological polar surface area (TPSA) is 54.9 Å². The van der Waals surface area contributed by atoms with E-state index in [1.54, 1.807) is 0 Å². The van der Waals surface area contributed by atoms with E-state index < -0.39 is 0 Å². The van der Waals surface area contributed by atoms with Crippen molar-refractivity contribution in [2.75, 3.05) is 13.1 Å². The lowest BCUT2D eigenvalue weighted by atomic mass is 9.96. The minimum absolute atomic E-state index is 0.0587. The molecular weight excluding hydrogens is 326 g/mol. The third kappa shape index (κ3) is 4.33. The Morgan fingerprint density at radius 3 is 2.92 bits per heavy atom. The summed E-state index contributed by atoms with van der Waals surface area (Å²) in [5, 5.41) is 7.44. The average molecular weight is 352 g/mol. The van der Waals surface area contributed by atoms with Gasteiger partial charge in [-0.15, -0.1) is 0 Å². The quantitative estimate of drug-likeness (QED) is 0.611. The molecule has 2 saturated heterocycles. The van der Waals surface area contributed by atoms with Gasteiger partial charge < -0.3 is 20.1 Å². The summed E-state index contributed by atoms with van der Waals surface area (Å²) in [5.74, 6) is 1.52. The van der Waals surface area contributed by atoms with Gasteiger partial charge in [0.1, 0.15) is 11.9 Å². The lowest BCUT2D eigenvalue weighted by molar-refractivity contribution is 0.0992. The van der Waals surface area contributed by atoms with Gasteiger partial charge in [-0.3, -0.25) is 0 Å². The van der Waals surface area contributed by atoms with Crippen LogP contribution < -0.4 is 15.4 Å². The van der Waals surface area contributed by atoms with Crippen molar-refractivity contribution in [2.24, 2.45) is 4.99 Å². The fourth-order valence-corrected chi connectivity index (χ4v) is 3.48. The highest BCUT2D eigenvalue weighted by atomic mass is 35.5. The minimum Gasteiger partial charge on any atom is -0.487 e. The van der Waals surface area contributed by atoms with E-state index in [0.29, 0.717) is 35.6 Å². The molecular formula is C18H26ClN3O2. The van der Waals surface area contributed by atoms with Crippen molar-refractivity contribution in [1.29, 1.82) is 0 Å². The molecule has 132 valence electrons. The summed E-state index contributed by atoms with van der Waals surface area (Å²) in [4.78, 5) is 4.66. The predicted molar refractivity (Wildman–Crippen MR) is 97.0 cm³/mol. The first-order valence-electron chi connectivity index (χ1n) is 8.77. The van der Waals surface area contributed by atoms with Crippen LogP contribution in [-0.4, -0.2) is 43.4 Å². The van der Waals surface area contributed by atoms with E-state index in [1.165, 1.54) is 6.42 Å². The van der Waals surface area contributed by atoms with Crippen LogP contribution in [0.2, 0.25) is 5.02 Å². The van der Waals surface area contributed by atoms with Gasteiger partial charge in [0.25, 0.3) is 0 Å². The monoisotopic (exact) mass is 351 g/mol. The van der Waals surface area contributed by atoms with Gasteiger partial charge in [-0.2, -0.15) is 0 Å². The largest absolute Gasteiger partial charge is 0.487 e. The first-order chi connectivity index (χ1) is 11.7. The molecule has 0 radical (unpaired) electrons. The van der Waals surface area contributed by atoms with Crippen molar-refractivity contribution in [3.05, 3.63) is 29.3 Å². The zero-order valence-electron chi connectivity index (χ0n) is 14.3. The summed E-state index contributed by atoms with van der Waals surface area (Å²) in [7, 11) is 0. The molecule has 2 aliphatic heterocycles. The van der Waals surface area contributed by atoms with Gasteiger partial charge in [-0.05, 0) is 45.2 Å². The molecule has 5 nitrogen and oxygen atoms in total. The smallest absolute Gasteiger partial charge is 0.191 e. The van der Waals surface area contributed by atoms with E-state index >= 15 is 0 Å². The molecule has 4 atom stereocenters. The van der Waals surface area contributed by atoms with Gasteiger partial charge in [0.15, 0.2) is 5.96 Å². The summed E-state index contributed by atoms with van der Waals surface area (Å²) in [6, 6.07) is 7.87. The van der Waals surface area contributed by atoms with E-state index in [2.05, 4.69) is 22.5 Å². The second-order valence-corrected chi connectivity index (χ2v) is 6.85. The molecule has 2 aliphatic rings. The van der Waals surface area contributed by atoms with Crippen LogP contribution >= 0.6 is 11.6 Å². The molecule has 0 amide bonds. The maximum atomic E-state index is 6.13. The Hall–Kier alpha value is -1.46. The third-order valence-electron chi connectivity index (χ3n) is 4.44. The molecule has 1 aromatic rings. The van der Waals surface area contributed by atoms with E-state index in [4.69, 9.17) is 21.1 Å². The average Bonchev–Trinajstić information content (AvgIpc) is 3.18. The second kappa shape index (κ2) is 8.08. The molecule has 2 N–H and O–H groups in total. The number of para-hydroxylation sites is 1. The van der Waals surface area contributed by atoms with Crippen LogP contribution in [0.4, 0.5) is 0 Å². The molecule has 24 heavy (non-hydrogen) atoms. The summed E-state index contributed by atoms with van der Waals surface area (Å²) in [6.07, 6.45) is 4.11. The van der Waals surface area contributed by atoms with Crippen molar-refractivity contribution in [2.45, 2.75) is 57.5 Å². The minimum atomic E-state index is -0.0587. The van der Waals surface area contributed by atoms with Crippen LogP contribution in [0, 0.1) is 0 Å². The number of nitrogens with one attached hydrogen (secondary N) is 2. The van der Waals surface area contributed by atoms with Crippen molar-refractivity contribution >= 4 is 17.6 Å². The molecule has 3 rings (SSSR count). The SMILES string of the molecule is CCNC(=NCC(C)Oc1ccccc1Cl)NC1CC2CCC1O2. The molecule has 0 spiro atoms. The number of guanidine groups is 1. The van der Waals surface area contributed by atoms with Crippen LogP contribution in [0.3, 0.4) is 0 Å². The fraction of sp³-hybridized carbons (Fsp3) is 0.611. The number of hydrogen-bond acceptors (Lipinski definition) is 3. The summed E-state index contributed by atoms with van der Waals surface area (Å²) >= 11 is 6.13. The zero-order valence-corrected chi connectivity index (χ0v) is 15.1. The van der Waals surface area contributed by atoms with Gasteiger partial charge in [0.2, 0.25) is 0 Å². The number of rotatable bonds is 6. The van der Waals surface area contributed by atoms with Crippen molar-refractivity contribution in [1.82, 2.24) is 10.6 Å². The molecule has 2 heterocycles. The Labute approximate surface area is 148 Å². The van der Waals surface area contributed by atoms with Gasteiger partial charge in [-0.25, -0.2) is 4.99 Å². The van der Waals surface area contributed by atoms with Crippen LogP contribution in [0.25, 0.3) is 0 Å². The van der Waals surface area contributed by atoms with Gasteiger partial charge in [0, 0.05) is 6.54 Å². The first-order valence-corrected chi connectivity index (χ1v) is 9.15. The first kappa shape index (κ1) is 17.4. The van der Waals surface area contributed by atoms with E-state index in [1.807, 2.05) is 31.2 Å². The van der Waals surface area contributed by atoms with Crippen molar-refractivity contribution in [3.8, 4) is 5.75 Å². The zero-order chi connectivity index (χ0) is 16.9. The lowest BCUT2D eigenvalue weighted by Gasteiger charge is -2.23. The highest BCUT2D eigenvalue weighted by Crippen LogP contribution is 2.34. The van der Waals surface area contributed by atoms with Crippen molar-refractivity contribution in [3.63, 3.8) is 0 Å². The third-order valence-corrected chi connectivity index (χ3v) is 4.76. The Morgan fingerprint density at radius 2 is 2.25 bits per heavy atom. The van der Waals surface area contributed by atoms with Crippen molar-refractivity contribution < 1.29 is 9.47 Å². The van der Waals surface area contributed by atoms with Crippen LogP contribution in [-0.2, 0) is 4.74 Å². The number of fused-ring (bicyclic) bond motifs is 2. The standard InChI is InChI=1S/C18H26ClN3O2/c1-3-20-18(22-15-10-13-8-9-17(15)24-13)21-11-12(2)23-16-7-5-4-6-14(16)19/h4-7,12-13,15,17H,3,8-11H2,1-2H3,(H2,20,21,22). The summed E-state index contributed by atoms with van der Waals surface area (Å²) in [6.45, 7) is 5.45. The lowest BCUT2D eigenvalue weighted by Crippen LogP contribution is -2.47. The number of halogens is 1. The normalized spacial score (nSPS) is 27.1. The number of nitrogens with zero attached hydrogens (tertiary/aromatic N) is 1. The summed E-state index contributed by atoms with van der Waals surface area (Å²) < 4.78 is 11.8. The molecule has 2 bridgehead atoms. The fourth-order valence-electron chi connectivity index (χ4n) is 3.30. The number of ether oxygens (including phenoxy) is 2. The van der Waals surface area contributed by atoms with E-state index in [0.717, 1.165) is 25.3 Å². The maximum Gasteiger partial charge on any atom is 0.191 e. The Balaban J connectivity index is 1.54. The molecule has 4 unspecified atom stereocenters. The molecule has 6 heteroatoms. The maximum absolute atomic E-state index is 6.13. The van der Waals surface area contributed by atoms with Crippen LogP contribution in [0.1, 0.15) is 33.1 Å². The molecule has 1 aromatic carbocycles. The van der Waals surface area contributed by atoms with Crippen LogP contribution in [0.5, 0.6) is 5.75 Å². The number of hydrogen-bond donors (Lipinski definition) is 2. The number of benzene rings is 1. The van der Waals surface area contributed by atoms with Gasteiger partial charge in [-0.1, -0.05) is 23.7 Å². The Bertz CT molecular complexity index is 581. The number of aliphatic imine (C=N–C) groups is 1. The van der Waals surface area contributed by atoms with Gasteiger partial charge >= 0.3 is 0 Å². The van der Waals surface area contributed by atoms with E-state index in [-0.39, 0.29) is 6.10 Å². The Kier molecular flexibility index (Phi) is 5.85. The second-order valence-electron chi connectivity index (χ2n) is 6.44. The van der Waals surface area contributed by atoms with Crippen LogP contribution in [0.15, 0.2) is 29.3 Å². The Morgan fingerprint density at radius 1 is 1.42 bits per heavy atom. The summed E-state index contributed by atoms with van der Waals surface area (Å²) in [5.41, 5.74) is 0. The molecule has 2 fully saturated rings. The predicted octanol–water partition coefficient (Wildman–Crippen LogP) is 2.98. The molecule has 0 aliphatic carbocycles. The van der Waals surface area contributed by atoms with Gasteiger partial charge in [0.05, 0.1) is 29.8 Å². The highest BCUT2D eigenvalue weighted by Gasteiger charge is 2.41. The highest BCUT2D eigenvalue weighted by molar-refractivity contribution is 6.32. The molecule has 0 saturated carbocycles.